The number of rotatable bonds is 3. The lowest BCUT2D eigenvalue weighted by Crippen LogP contribution is -2.00. The fraction of sp³-hybridized carbons (Fsp3) is 0.400. The maximum Gasteiger partial charge on any atom is 0.222 e. The Bertz CT molecular complexity index is 617. The smallest absolute Gasteiger partial charge is 0.222 e. The Morgan fingerprint density at radius 3 is 2.42 bits per heavy atom. The van der Waals surface area contributed by atoms with Crippen molar-refractivity contribution in [2.75, 3.05) is 0 Å². The summed E-state index contributed by atoms with van der Waals surface area (Å²) >= 11 is 5.99. The minimum absolute atomic E-state index is 0.402. The molecule has 1 aromatic carbocycles. The number of aromatic nitrogens is 2. The molecule has 0 saturated heterocycles. The molecule has 0 fully saturated rings. The van der Waals surface area contributed by atoms with E-state index in [-0.39, 0.29) is 0 Å². The molecule has 3 nitrogen and oxygen atoms in total. The van der Waals surface area contributed by atoms with Crippen molar-refractivity contribution in [1.29, 1.82) is 0 Å². The van der Waals surface area contributed by atoms with Gasteiger partial charge in [0.15, 0.2) is 0 Å². The zero-order valence-corrected chi connectivity index (χ0v) is 12.8. The molecule has 102 valence electrons. The Kier molecular flexibility index (Phi) is 3.85. The van der Waals surface area contributed by atoms with Gasteiger partial charge in [-0.15, -0.1) is 11.6 Å². The lowest BCUT2D eigenvalue weighted by molar-refractivity contribution is 0.421. The van der Waals surface area contributed by atoms with E-state index >= 15 is 0 Å². The third kappa shape index (κ3) is 2.47. The highest BCUT2D eigenvalue weighted by atomic mass is 35.5. The molecule has 0 amide bonds. The molecule has 19 heavy (non-hydrogen) atoms. The highest BCUT2D eigenvalue weighted by Crippen LogP contribution is 2.33. The van der Waals surface area contributed by atoms with E-state index in [2.05, 4.69) is 31.1 Å². The van der Waals surface area contributed by atoms with Gasteiger partial charge in [-0.2, -0.15) is 5.10 Å². The molecular formula is C15H19ClN2O. The third-order valence-electron chi connectivity index (χ3n) is 3.49. The average Bonchev–Trinajstić information content (AvgIpc) is 2.64. The van der Waals surface area contributed by atoms with E-state index in [9.17, 15) is 0 Å². The topological polar surface area (TPSA) is 27.1 Å². The summed E-state index contributed by atoms with van der Waals surface area (Å²) in [4.78, 5) is 0. The molecule has 2 rings (SSSR count). The number of benzene rings is 1. The molecule has 4 heteroatoms. The monoisotopic (exact) mass is 278 g/mol. The summed E-state index contributed by atoms with van der Waals surface area (Å²) in [5.41, 5.74) is 5.34. The number of hydrogen-bond acceptors (Lipinski definition) is 2. The summed E-state index contributed by atoms with van der Waals surface area (Å²) in [6, 6.07) is 4.18. The number of ether oxygens (including phenoxy) is 1. The van der Waals surface area contributed by atoms with Crippen LogP contribution in [0.2, 0.25) is 0 Å². The van der Waals surface area contributed by atoms with Crippen LogP contribution in [-0.2, 0) is 12.9 Å². The number of hydrogen-bond donors (Lipinski definition) is 0. The number of alkyl halides is 1. The van der Waals surface area contributed by atoms with Crippen molar-refractivity contribution in [2.45, 2.75) is 33.6 Å². The predicted octanol–water partition coefficient (Wildman–Crippen LogP) is 4.18. The van der Waals surface area contributed by atoms with Crippen LogP contribution in [0.3, 0.4) is 0 Å². The first-order valence-electron chi connectivity index (χ1n) is 6.28. The first-order valence-corrected chi connectivity index (χ1v) is 6.82. The van der Waals surface area contributed by atoms with E-state index in [0.29, 0.717) is 5.88 Å². The maximum atomic E-state index is 6.11. The first-order chi connectivity index (χ1) is 8.95. The van der Waals surface area contributed by atoms with Gasteiger partial charge in [-0.25, -0.2) is 4.68 Å². The number of aryl methyl sites for hydroxylation is 4. The second kappa shape index (κ2) is 5.25. The van der Waals surface area contributed by atoms with Crippen LogP contribution in [0.5, 0.6) is 11.6 Å². The van der Waals surface area contributed by atoms with Crippen molar-refractivity contribution in [1.82, 2.24) is 9.78 Å². The van der Waals surface area contributed by atoms with E-state index in [1.807, 2.05) is 20.9 Å². The molecule has 0 radical (unpaired) electrons. The van der Waals surface area contributed by atoms with Crippen molar-refractivity contribution in [3.05, 3.63) is 40.1 Å². The molecule has 0 bridgehead atoms. The Morgan fingerprint density at radius 1 is 1.16 bits per heavy atom. The SMILES string of the molecule is Cc1ccc(C)c(Oc2c(CCl)c(C)nn2C)c1C. The fourth-order valence-electron chi connectivity index (χ4n) is 2.14. The van der Waals surface area contributed by atoms with Gasteiger partial charge in [0.1, 0.15) is 5.75 Å². The molecule has 0 aliphatic rings. The highest BCUT2D eigenvalue weighted by Gasteiger charge is 2.17. The van der Waals surface area contributed by atoms with Crippen LogP contribution in [0.1, 0.15) is 27.9 Å². The second-order valence-corrected chi connectivity index (χ2v) is 5.15. The summed E-state index contributed by atoms with van der Waals surface area (Å²) in [7, 11) is 1.87. The van der Waals surface area contributed by atoms with Gasteiger partial charge in [0.2, 0.25) is 5.88 Å². The van der Waals surface area contributed by atoms with Gasteiger partial charge >= 0.3 is 0 Å². The van der Waals surface area contributed by atoms with Crippen LogP contribution in [0.4, 0.5) is 0 Å². The zero-order chi connectivity index (χ0) is 14.2. The van der Waals surface area contributed by atoms with Crippen LogP contribution in [-0.4, -0.2) is 9.78 Å². The van der Waals surface area contributed by atoms with Crippen LogP contribution in [0.25, 0.3) is 0 Å². The van der Waals surface area contributed by atoms with Crippen molar-refractivity contribution < 1.29 is 4.74 Å². The largest absolute Gasteiger partial charge is 0.438 e. The Balaban J connectivity index is 2.50. The van der Waals surface area contributed by atoms with Crippen molar-refractivity contribution in [2.24, 2.45) is 7.05 Å². The van der Waals surface area contributed by atoms with Gasteiger partial charge in [-0.1, -0.05) is 12.1 Å². The number of halogens is 1. The van der Waals surface area contributed by atoms with Crippen molar-refractivity contribution in [3.8, 4) is 11.6 Å². The summed E-state index contributed by atoms with van der Waals surface area (Å²) in [5, 5.41) is 4.37. The molecule has 2 aromatic rings. The van der Waals surface area contributed by atoms with Crippen LogP contribution in [0, 0.1) is 27.7 Å². The van der Waals surface area contributed by atoms with E-state index in [1.54, 1.807) is 4.68 Å². The zero-order valence-electron chi connectivity index (χ0n) is 12.0. The molecule has 0 aliphatic heterocycles. The fourth-order valence-corrected chi connectivity index (χ4v) is 2.45. The highest BCUT2D eigenvalue weighted by molar-refractivity contribution is 6.17. The molecule has 0 atom stereocenters. The van der Waals surface area contributed by atoms with E-state index in [4.69, 9.17) is 16.3 Å². The molecule has 0 saturated carbocycles. The lowest BCUT2D eigenvalue weighted by Gasteiger charge is -2.14. The summed E-state index contributed by atoms with van der Waals surface area (Å²) in [6.07, 6.45) is 0. The molecule has 0 N–H and O–H groups in total. The summed E-state index contributed by atoms with van der Waals surface area (Å²) in [6.45, 7) is 8.14. The lowest BCUT2D eigenvalue weighted by atomic mass is 10.1. The summed E-state index contributed by atoms with van der Waals surface area (Å²) < 4.78 is 7.85. The molecule has 0 aliphatic carbocycles. The maximum absolute atomic E-state index is 6.11. The van der Waals surface area contributed by atoms with Gasteiger partial charge < -0.3 is 4.74 Å². The molecule has 0 unspecified atom stereocenters. The first kappa shape index (κ1) is 13.9. The Morgan fingerprint density at radius 2 is 1.79 bits per heavy atom. The van der Waals surface area contributed by atoms with E-state index in [0.717, 1.165) is 34.0 Å². The standard InChI is InChI=1S/C15H19ClN2O/c1-9-6-7-10(2)14(11(9)3)19-15-13(8-16)12(4)17-18(15)5/h6-7H,8H2,1-5H3. The predicted molar refractivity (Wildman–Crippen MR) is 78.2 cm³/mol. The van der Waals surface area contributed by atoms with E-state index in [1.165, 1.54) is 5.56 Å². The van der Waals surface area contributed by atoms with Crippen LogP contribution < -0.4 is 4.74 Å². The molecule has 1 heterocycles. The van der Waals surface area contributed by atoms with Gasteiger partial charge in [-0.05, 0) is 44.4 Å². The van der Waals surface area contributed by atoms with Gasteiger partial charge in [0.05, 0.1) is 17.1 Å². The van der Waals surface area contributed by atoms with Crippen molar-refractivity contribution >= 4 is 11.6 Å². The minimum atomic E-state index is 0.402. The number of nitrogens with zero attached hydrogens (tertiary/aromatic N) is 2. The normalized spacial score (nSPS) is 10.8. The summed E-state index contributed by atoms with van der Waals surface area (Å²) in [5.74, 6) is 2.03. The van der Waals surface area contributed by atoms with Crippen LogP contribution >= 0.6 is 11.6 Å². The Hall–Kier alpha value is -1.48. The quantitative estimate of drug-likeness (QED) is 0.788. The second-order valence-electron chi connectivity index (χ2n) is 4.88. The van der Waals surface area contributed by atoms with Crippen molar-refractivity contribution in [3.63, 3.8) is 0 Å². The van der Waals surface area contributed by atoms with E-state index < -0.39 is 0 Å². The average molecular weight is 279 g/mol. The molecular weight excluding hydrogens is 260 g/mol. The molecule has 0 spiro atoms. The minimum Gasteiger partial charge on any atom is -0.438 e. The Labute approximate surface area is 119 Å². The van der Waals surface area contributed by atoms with Gasteiger partial charge in [0, 0.05) is 7.05 Å². The van der Waals surface area contributed by atoms with Crippen LogP contribution in [0.15, 0.2) is 12.1 Å². The third-order valence-corrected chi connectivity index (χ3v) is 3.76. The van der Waals surface area contributed by atoms with Gasteiger partial charge in [0.25, 0.3) is 0 Å². The molecule has 1 aromatic heterocycles. The van der Waals surface area contributed by atoms with Gasteiger partial charge in [-0.3, -0.25) is 0 Å².